The van der Waals surface area contributed by atoms with Gasteiger partial charge in [0.25, 0.3) is 5.56 Å². The van der Waals surface area contributed by atoms with E-state index < -0.39 is 0 Å². The lowest BCUT2D eigenvalue weighted by molar-refractivity contribution is 0.396. The van der Waals surface area contributed by atoms with Crippen LogP contribution in [0.3, 0.4) is 0 Å². The summed E-state index contributed by atoms with van der Waals surface area (Å²) < 4.78 is 1.30. The summed E-state index contributed by atoms with van der Waals surface area (Å²) in [7, 11) is 1.54. The summed E-state index contributed by atoms with van der Waals surface area (Å²) >= 11 is 5.79. The van der Waals surface area contributed by atoms with E-state index in [1.165, 1.54) is 11.5 Å². The van der Waals surface area contributed by atoms with Crippen LogP contribution in [0.25, 0.3) is 11.3 Å². The van der Waals surface area contributed by atoms with Crippen LogP contribution in [0.5, 0.6) is 11.5 Å². The van der Waals surface area contributed by atoms with Crippen molar-refractivity contribution in [2.45, 2.75) is 6.92 Å². The normalized spacial score (nSPS) is 10.6. The first-order valence-corrected chi connectivity index (χ1v) is 5.68. The van der Waals surface area contributed by atoms with Gasteiger partial charge >= 0.3 is 0 Å². The van der Waals surface area contributed by atoms with Crippen molar-refractivity contribution >= 4 is 11.6 Å². The van der Waals surface area contributed by atoms with E-state index in [0.717, 1.165) is 0 Å². The minimum Gasteiger partial charge on any atom is -0.504 e. The average molecular weight is 266 g/mol. The fourth-order valence-corrected chi connectivity index (χ4v) is 1.97. The van der Waals surface area contributed by atoms with Gasteiger partial charge in [0.15, 0.2) is 11.5 Å². The Kier molecular flexibility index (Phi) is 3.05. The Balaban J connectivity index is 2.80. The van der Waals surface area contributed by atoms with Crippen molar-refractivity contribution in [2.24, 2.45) is 7.05 Å². The smallest absolute Gasteiger partial charge is 0.257 e. The Morgan fingerprint density at radius 1 is 1.11 bits per heavy atom. The average Bonchev–Trinajstić information content (AvgIpc) is 2.36. The molecular weight excluding hydrogens is 254 g/mol. The van der Waals surface area contributed by atoms with Crippen LogP contribution in [0.15, 0.2) is 29.1 Å². The first-order chi connectivity index (χ1) is 8.43. The molecule has 0 saturated carbocycles. The Bertz CT molecular complexity index is 659. The molecule has 1 heterocycles. The van der Waals surface area contributed by atoms with Crippen LogP contribution in [-0.4, -0.2) is 14.8 Å². The molecule has 0 saturated heterocycles. The highest BCUT2D eigenvalue weighted by Gasteiger charge is 2.17. The highest BCUT2D eigenvalue weighted by Crippen LogP contribution is 2.36. The van der Waals surface area contributed by atoms with E-state index >= 15 is 0 Å². The lowest BCUT2D eigenvalue weighted by Gasteiger charge is -2.13. The van der Waals surface area contributed by atoms with Crippen molar-refractivity contribution in [3.63, 3.8) is 0 Å². The molecule has 0 atom stereocenters. The molecule has 94 valence electrons. The molecule has 0 spiro atoms. The molecule has 0 fully saturated rings. The van der Waals surface area contributed by atoms with Crippen LogP contribution in [0.2, 0.25) is 5.02 Å². The van der Waals surface area contributed by atoms with Crippen LogP contribution in [0.4, 0.5) is 0 Å². The maximum Gasteiger partial charge on any atom is 0.257 e. The Morgan fingerprint density at radius 3 is 2.22 bits per heavy atom. The molecule has 18 heavy (non-hydrogen) atoms. The number of benzene rings is 1. The summed E-state index contributed by atoms with van der Waals surface area (Å²) in [6.07, 6.45) is 0. The Morgan fingerprint density at radius 2 is 1.67 bits per heavy atom. The van der Waals surface area contributed by atoms with Crippen molar-refractivity contribution in [1.29, 1.82) is 0 Å². The van der Waals surface area contributed by atoms with Crippen LogP contribution in [0.1, 0.15) is 5.56 Å². The minimum atomic E-state index is -0.386. The van der Waals surface area contributed by atoms with E-state index in [1.807, 2.05) is 0 Å². The zero-order valence-corrected chi connectivity index (χ0v) is 10.7. The number of pyridine rings is 1. The fourth-order valence-electron chi connectivity index (χ4n) is 1.84. The van der Waals surface area contributed by atoms with E-state index in [4.69, 9.17) is 11.6 Å². The molecule has 2 N–H and O–H groups in total. The van der Waals surface area contributed by atoms with Crippen LogP contribution < -0.4 is 5.56 Å². The lowest BCUT2D eigenvalue weighted by atomic mass is 10.1. The molecule has 1 aromatic heterocycles. The molecule has 0 aliphatic heterocycles. The molecule has 0 aliphatic rings. The van der Waals surface area contributed by atoms with Crippen molar-refractivity contribution in [2.75, 3.05) is 0 Å². The quantitative estimate of drug-likeness (QED) is 0.832. The summed E-state index contributed by atoms with van der Waals surface area (Å²) in [5, 5.41) is 20.2. The molecule has 0 aliphatic carbocycles. The van der Waals surface area contributed by atoms with Gasteiger partial charge in [-0.25, -0.2) is 0 Å². The Hall–Kier alpha value is -1.94. The number of rotatable bonds is 1. The summed E-state index contributed by atoms with van der Waals surface area (Å²) in [6.45, 7) is 1.46. The van der Waals surface area contributed by atoms with E-state index in [-0.39, 0.29) is 28.3 Å². The number of nitrogens with zero attached hydrogens (tertiary/aromatic N) is 1. The van der Waals surface area contributed by atoms with E-state index in [0.29, 0.717) is 10.6 Å². The fraction of sp³-hybridized carbons (Fsp3) is 0.154. The summed E-state index contributed by atoms with van der Waals surface area (Å²) in [6, 6.07) is 6.65. The number of hydrogen-bond donors (Lipinski definition) is 2. The highest BCUT2D eigenvalue weighted by atomic mass is 35.5. The monoisotopic (exact) mass is 265 g/mol. The zero-order valence-electron chi connectivity index (χ0n) is 9.94. The first-order valence-electron chi connectivity index (χ1n) is 5.31. The first kappa shape index (κ1) is 12.5. The minimum absolute atomic E-state index is 0.118. The molecular formula is C13H12ClNO3. The largest absolute Gasteiger partial charge is 0.504 e. The van der Waals surface area contributed by atoms with Crippen molar-refractivity contribution < 1.29 is 10.2 Å². The molecule has 2 aromatic rings. The number of aromatic hydroxyl groups is 2. The van der Waals surface area contributed by atoms with Gasteiger partial charge in [-0.05, 0) is 19.1 Å². The van der Waals surface area contributed by atoms with Crippen molar-refractivity contribution in [1.82, 2.24) is 4.57 Å². The van der Waals surface area contributed by atoms with Gasteiger partial charge in [0, 0.05) is 17.6 Å². The van der Waals surface area contributed by atoms with E-state index in [1.54, 1.807) is 31.3 Å². The summed E-state index contributed by atoms with van der Waals surface area (Å²) in [4.78, 5) is 11.9. The van der Waals surface area contributed by atoms with E-state index in [9.17, 15) is 15.0 Å². The van der Waals surface area contributed by atoms with Gasteiger partial charge in [-0.15, -0.1) is 0 Å². The third-order valence-corrected chi connectivity index (χ3v) is 3.13. The second-order valence-electron chi connectivity index (χ2n) is 4.04. The summed E-state index contributed by atoms with van der Waals surface area (Å²) in [5.41, 5.74) is 0.634. The molecule has 0 unspecified atom stereocenters. The van der Waals surface area contributed by atoms with Gasteiger partial charge in [0.05, 0.1) is 11.3 Å². The lowest BCUT2D eigenvalue weighted by Crippen LogP contribution is -2.20. The maximum absolute atomic E-state index is 11.9. The molecule has 2 rings (SSSR count). The van der Waals surface area contributed by atoms with Gasteiger partial charge in [-0.1, -0.05) is 23.7 Å². The van der Waals surface area contributed by atoms with Crippen LogP contribution >= 0.6 is 11.6 Å². The second kappa shape index (κ2) is 4.38. The standard InChI is InChI=1S/C13H12ClNO3/c1-7-11(16)12(17)10(15(2)13(7)18)8-3-5-9(14)6-4-8/h3-6,16-17H,1-2H3. The van der Waals surface area contributed by atoms with E-state index in [2.05, 4.69) is 0 Å². The van der Waals surface area contributed by atoms with Gasteiger partial charge < -0.3 is 14.8 Å². The molecule has 4 nitrogen and oxygen atoms in total. The third kappa shape index (κ3) is 1.84. The van der Waals surface area contributed by atoms with Crippen LogP contribution in [-0.2, 0) is 7.05 Å². The topological polar surface area (TPSA) is 62.5 Å². The highest BCUT2D eigenvalue weighted by molar-refractivity contribution is 6.30. The van der Waals surface area contributed by atoms with Crippen LogP contribution in [0, 0.1) is 6.92 Å². The molecule has 5 heteroatoms. The zero-order chi connectivity index (χ0) is 13.4. The van der Waals surface area contributed by atoms with Gasteiger partial charge in [0.1, 0.15) is 0 Å². The van der Waals surface area contributed by atoms with Gasteiger partial charge in [-0.3, -0.25) is 4.79 Å². The molecule has 0 radical (unpaired) electrons. The SMILES string of the molecule is Cc1c(O)c(O)c(-c2ccc(Cl)cc2)n(C)c1=O. The molecule has 0 amide bonds. The summed E-state index contributed by atoms with van der Waals surface area (Å²) in [5.74, 6) is -0.694. The number of aromatic nitrogens is 1. The number of hydrogen-bond acceptors (Lipinski definition) is 3. The van der Waals surface area contributed by atoms with Gasteiger partial charge in [-0.2, -0.15) is 0 Å². The van der Waals surface area contributed by atoms with Gasteiger partial charge in [0.2, 0.25) is 0 Å². The van der Waals surface area contributed by atoms with Crippen molar-refractivity contribution in [3.05, 3.63) is 45.2 Å². The second-order valence-corrected chi connectivity index (χ2v) is 4.48. The predicted octanol–water partition coefficient (Wildman–Crippen LogP) is 2.43. The Labute approximate surface area is 109 Å². The number of halogens is 1. The molecule has 0 bridgehead atoms. The van der Waals surface area contributed by atoms with Crippen molar-refractivity contribution in [3.8, 4) is 22.8 Å². The molecule has 1 aromatic carbocycles. The predicted molar refractivity (Wildman–Crippen MR) is 70.2 cm³/mol. The third-order valence-electron chi connectivity index (χ3n) is 2.88. The maximum atomic E-state index is 11.9.